The molecule has 1 aromatic carbocycles. The Bertz CT molecular complexity index is 721. The van der Waals surface area contributed by atoms with Gasteiger partial charge in [-0.15, -0.1) is 0 Å². The Labute approximate surface area is 162 Å². The SMILES string of the molecule is O=C(CCn1cc(Cl)cn1)N1CCN(Cc2c(Cl)cccc2Cl)CC1. The number of hydrogen-bond donors (Lipinski definition) is 0. The van der Waals surface area contributed by atoms with Gasteiger partial charge in [0.2, 0.25) is 5.91 Å². The van der Waals surface area contributed by atoms with Gasteiger partial charge in [0.25, 0.3) is 0 Å². The van der Waals surface area contributed by atoms with Crippen molar-refractivity contribution in [1.82, 2.24) is 19.6 Å². The second kappa shape index (κ2) is 8.41. The van der Waals surface area contributed by atoms with Gasteiger partial charge in [-0.2, -0.15) is 5.10 Å². The van der Waals surface area contributed by atoms with E-state index in [1.165, 1.54) is 0 Å². The third kappa shape index (κ3) is 4.88. The number of aryl methyl sites for hydroxylation is 1. The van der Waals surface area contributed by atoms with Crippen molar-refractivity contribution >= 4 is 40.7 Å². The van der Waals surface area contributed by atoms with Crippen LogP contribution in [0.4, 0.5) is 0 Å². The molecular formula is C17H19Cl3N4O. The molecule has 0 bridgehead atoms. The van der Waals surface area contributed by atoms with Gasteiger partial charge >= 0.3 is 0 Å². The third-order valence-corrected chi connectivity index (χ3v) is 5.23. The first kappa shape index (κ1) is 18.5. The van der Waals surface area contributed by atoms with Crippen molar-refractivity contribution < 1.29 is 4.79 Å². The van der Waals surface area contributed by atoms with Gasteiger partial charge in [0.15, 0.2) is 0 Å². The third-order valence-electron chi connectivity index (χ3n) is 4.32. The maximum atomic E-state index is 12.3. The molecule has 0 aliphatic carbocycles. The van der Waals surface area contributed by atoms with Gasteiger partial charge < -0.3 is 4.90 Å². The summed E-state index contributed by atoms with van der Waals surface area (Å²) in [4.78, 5) is 16.5. The minimum absolute atomic E-state index is 0.141. The molecule has 0 N–H and O–H groups in total. The lowest BCUT2D eigenvalue weighted by Gasteiger charge is -2.35. The van der Waals surface area contributed by atoms with E-state index in [0.717, 1.165) is 18.7 Å². The molecule has 25 heavy (non-hydrogen) atoms. The minimum Gasteiger partial charge on any atom is -0.340 e. The highest BCUT2D eigenvalue weighted by atomic mass is 35.5. The van der Waals surface area contributed by atoms with Crippen LogP contribution in [0, 0.1) is 0 Å². The average molecular weight is 402 g/mol. The van der Waals surface area contributed by atoms with Gasteiger partial charge in [0, 0.05) is 67.5 Å². The molecule has 1 amide bonds. The lowest BCUT2D eigenvalue weighted by Crippen LogP contribution is -2.48. The van der Waals surface area contributed by atoms with Crippen LogP contribution in [-0.4, -0.2) is 51.7 Å². The van der Waals surface area contributed by atoms with Crippen molar-refractivity contribution in [2.24, 2.45) is 0 Å². The van der Waals surface area contributed by atoms with Crippen LogP contribution in [0.3, 0.4) is 0 Å². The van der Waals surface area contributed by atoms with Gasteiger partial charge in [-0.1, -0.05) is 40.9 Å². The summed E-state index contributed by atoms with van der Waals surface area (Å²) in [6, 6.07) is 5.55. The Morgan fingerprint density at radius 2 is 1.76 bits per heavy atom. The summed E-state index contributed by atoms with van der Waals surface area (Å²) in [5, 5.41) is 6.04. The van der Waals surface area contributed by atoms with Gasteiger partial charge in [0.1, 0.15) is 0 Å². The van der Waals surface area contributed by atoms with Gasteiger partial charge in [0.05, 0.1) is 11.2 Å². The largest absolute Gasteiger partial charge is 0.340 e. The molecule has 2 aromatic rings. The summed E-state index contributed by atoms with van der Waals surface area (Å²) in [6.45, 7) is 4.27. The number of piperazine rings is 1. The maximum Gasteiger partial charge on any atom is 0.224 e. The molecule has 2 heterocycles. The van der Waals surface area contributed by atoms with E-state index >= 15 is 0 Å². The van der Waals surface area contributed by atoms with Crippen LogP contribution in [0.5, 0.6) is 0 Å². The van der Waals surface area contributed by atoms with Crippen LogP contribution in [0.1, 0.15) is 12.0 Å². The molecule has 5 nitrogen and oxygen atoms in total. The lowest BCUT2D eigenvalue weighted by atomic mass is 10.2. The number of nitrogens with zero attached hydrogens (tertiary/aromatic N) is 4. The monoisotopic (exact) mass is 400 g/mol. The van der Waals surface area contributed by atoms with Crippen LogP contribution in [-0.2, 0) is 17.9 Å². The molecule has 8 heteroatoms. The maximum absolute atomic E-state index is 12.3. The van der Waals surface area contributed by atoms with E-state index in [9.17, 15) is 4.79 Å². The van der Waals surface area contributed by atoms with Crippen LogP contribution < -0.4 is 0 Å². The van der Waals surface area contributed by atoms with Crippen LogP contribution in [0.15, 0.2) is 30.6 Å². The summed E-state index contributed by atoms with van der Waals surface area (Å²) >= 11 is 18.3. The fraction of sp³-hybridized carbons (Fsp3) is 0.412. The first-order valence-electron chi connectivity index (χ1n) is 8.14. The Morgan fingerprint density at radius 3 is 2.36 bits per heavy atom. The fourth-order valence-electron chi connectivity index (χ4n) is 2.89. The Morgan fingerprint density at radius 1 is 1.08 bits per heavy atom. The Hall–Kier alpha value is -1.27. The van der Waals surface area contributed by atoms with E-state index in [-0.39, 0.29) is 5.91 Å². The molecule has 0 spiro atoms. The highest BCUT2D eigenvalue weighted by Gasteiger charge is 2.22. The van der Waals surface area contributed by atoms with Crippen LogP contribution in [0.25, 0.3) is 0 Å². The lowest BCUT2D eigenvalue weighted by molar-refractivity contribution is -0.133. The van der Waals surface area contributed by atoms with Gasteiger partial charge in [-0.3, -0.25) is 14.4 Å². The molecule has 1 aromatic heterocycles. The van der Waals surface area contributed by atoms with E-state index in [4.69, 9.17) is 34.8 Å². The van der Waals surface area contributed by atoms with E-state index in [1.807, 2.05) is 23.1 Å². The number of rotatable bonds is 5. The first-order chi connectivity index (χ1) is 12.0. The van der Waals surface area contributed by atoms with Gasteiger partial charge in [-0.25, -0.2) is 0 Å². The smallest absolute Gasteiger partial charge is 0.224 e. The van der Waals surface area contributed by atoms with E-state index in [0.29, 0.717) is 47.7 Å². The molecule has 0 saturated carbocycles. The summed E-state index contributed by atoms with van der Waals surface area (Å²) in [5.74, 6) is 0.141. The molecule has 0 radical (unpaired) electrons. The first-order valence-corrected chi connectivity index (χ1v) is 9.27. The van der Waals surface area contributed by atoms with Crippen molar-refractivity contribution in [1.29, 1.82) is 0 Å². The Kier molecular flexibility index (Phi) is 6.23. The molecule has 134 valence electrons. The van der Waals surface area contributed by atoms with E-state index in [2.05, 4.69) is 10.00 Å². The standard InChI is InChI=1S/C17H19Cl3N4O/c18-13-10-21-24(11-13)5-4-17(25)23-8-6-22(7-9-23)12-14-15(19)2-1-3-16(14)20/h1-3,10-11H,4-9,12H2. The number of carbonyl (C=O) groups is 1. The quantitative estimate of drug-likeness (QED) is 0.769. The molecule has 1 fully saturated rings. The van der Waals surface area contributed by atoms with Crippen molar-refractivity contribution in [3.63, 3.8) is 0 Å². The molecule has 1 aliphatic heterocycles. The molecule has 3 rings (SSSR count). The second-order valence-corrected chi connectivity index (χ2v) is 7.28. The summed E-state index contributed by atoms with van der Waals surface area (Å²) in [5.41, 5.74) is 0.946. The van der Waals surface area contributed by atoms with Crippen LogP contribution in [0.2, 0.25) is 15.1 Å². The number of aromatic nitrogens is 2. The summed E-state index contributed by atoms with van der Waals surface area (Å²) in [7, 11) is 0. The van der Waals surface area contributed by atoms with Crippen molar-refractivity contribution in [3.8, 4) is 0 Å². The van der Waals surface area contributed by atoms with Gasteiger partial charge in [-0.05, 0) is 12.1 Å². The number of benzene rings is 1. The van der Waals surface area contributed by atoms with Crippen molar-refractivity contribution in [3.05, 3.63) is 51.2 Å². The fourth-order valence-corrected chi connectivity index (χ4v) is 3.56. The number of amides is 1. The molecule has 0 unspecified atom stereocenters. The van der Waals surface area contributed by atoms with Crippen molar-refractivity contribution in [2.75, 3.05) is 26.2 Å². The zero-order chi connectivity index (χ0) is 17.8. The van der Waals surface area contributed by atoms with E-state index in [1.54, 1.807) is 17.1 Å². The summed E-state index contributed by atoms with van der Waals surface area (Å²) in [6.07, 6.45) is 3.72. The Balaban J connectivity index is 1.47. The zero-order valence-electron chi connectivity index (χ0n) is 13.7. The highest BCUT2D eigenvalue weighted by molar-refractivity contribution is 6.36. The minimum atomic E-state index is 0.141. The topological polar surface area (TPSA) is 41.4 Å². The highest BCUT2D eigenvalue weighted by Crippen LogP contribution is 2.26. The molecular weight excluding hydrogens is 383 g/mol. The average Bonchev–Trinajstić information content (AvgIpc) is 3.02. The predicted molar refractivity (Wildman–Crippen MR) is 100 cm³/mol. The number of carbonyl (C=O) groups excluding carboxylic acids is 1. The second-order valence-electron chi connectivity index (χ2n) is 6.03. The number of hydrogen-bond acceptors (Lipinski definition) is 3. The number of halogens is 3. The molecule has 1 aliphatic rings. The zero-order valence-corrected chi connectivity index (χ0v) is 15.9. The predicted octanol–water partition coefficient (Wildman–Crippen LogP) is 3.58. The summed E-state index contributed by atoms with van der Waals surface area (Å²) < 4.78 is 1.69. The normalized spacial score (nSPS) is 15.6. The van der Waals surface area contributed by atoms with E-state index < -0.39 is 0 Å². The molecule has 0 atom stereocenters. The van der Waals surface area contributed by atoms with Crippen LogP contribution >= 0.6 is 34.8 Å². The molecule has 1 saturated heterocycles. The van der Waals surface area contributed by atoms with Crippen molar-refractivity contribution in [2.45, 2.75) is 19.5 Å².